The van der Waals surface area contributed by atoms with Gasteiger partial charge in [-0.2, -0.15) is 4.99 Å². The molecule has 24 heavy (non-hydrogen) atoms. The molecule has 0 fully saturated rings. The van der Waals surface area contributed by atoms with Crippen molar-refractivity contribution in [2.75, 3.05) is 0 Å². The second-order valence-electron chi connectivity index (χ2n) is 5.74. The summed E-state index contributed by atoms with van der Waals surface area (Å²) in [6, 6.07) is 15.3. The first kappa shape index (κ1) is 17.2. The van der Waals surface area contributed by atoms with Gasteiger partial charge in [-0.25, -0.2) is 0 Å². The number of hydrogen-bond acceptors (Lipinski definition) is 4. The van der Waals surface area contributed by atoms with Gasteiger partial charge >= 0.3 is 0 Å². The first-order valence-corrected chi connectivity index (χ1v) is 10.1. The maximum absolute atomic E-state index is 4.69. The topological polar surface area (TPSA) is 12.4 Å². The number of aliphatic imine (C=N–C) groups is 1. The molecule has 0 aliphatic rings. The van der Waals surface area contributed by atoms with Gasteiger partial charge in [-0.05, 0) is 79.5 Å². The molecule has 0 unspecified atom stereocenters. The molecule has 2 aromatic heterocycles. The highest BCUT2D eigenvalue weighted by atomic mass is 32.1. The molecular formula is C20H19NS3. The van der Waals surface area contributed by atoms with Crippen molar-refractivity contribution in [3.63, 3.8) is 0 Å². The predicted octanol–water partition coefficient (Wildman–Crippen LogP) is 7.53. The molecule has 0 atom stereocenters. The van der Waals surface area contributed by atoms with E-state index >= 15 is 0 Å². The number of rotatable bonds is 6. The van der Waals surface area contributed by atoms with Gasteiger partial charge in [-0.15, -0.1) is 22.7 Å². The maximum Gasteiger partial charge on any atom is 0.0769 e. The van der Waals surface area contributed by atoms with E-state index in [2.05, 4.69) is 60.4 Å². The van der Waals surface area contributed by atoms with Crippen LogP contribution in [0.1, 0.15) is 30.2 Å². The summed E-state index contributed by atoms with van der Waals surface area (Å²) in [5.74, 6) is 0. The van der Waals surface area contributed by atoms with E-state index in [0.29, 0.717) is 0 Å². The minimum absolute atomic E-state index is 0.893. The Labute approximate surface area is 156 Å². The number of isothiocyanates is 1. The molecule has 1 aromatic carbocycles. The average molecular weight is 370 g/mol. The molecule has 0 N–H and O–H groups in total. The fourth-order valence-corrected chi connectivity index (χ4v) is 4.85. The summed E-state index contributed by atoms with van der Waals surface area (Å²) in [5.41, 5.74) is 3.25. The van der Waals surface area contributed by atoms with Crippen LogP contribution in [0.25, 0.3) is 20.2 Å². The van der Waals surface area contributed by atoms with Gasteiger partial charge in [0.2, 0.25) is 0 Å². The molecule has 0 saturated carbocycles. The summed E-state index contributed by atoms with van der Waals surface area (Å²) in [7, 11) is 0. The second kappa shape index (κ2) is 8.00. The lowest BCUT2D eigenvalue weighted by Crippen LogP contribution is -1.77. The molecule has 0 bridgehead atoms. The largest absolute Gasteiger partial charge is 0.194 e. The van der Waals surface area contributed by atoms with E-state index < -0.39 is 0 Å². The Kier molecular flexibility index (Phi) is 5.75. The van der Waals surface area contributed by atoms with Gasteiger partial charge in [0.1, 0.15) is 0 Å². The average Bonchev–Trinajstić information content (AvgIpc) is 3.24. The van der Waals surface area contributed by atoms with E-state index in [9.17, 15) is 0 Å². The van der Waals surface area contributed by atoms with Crippen molar-refractivity contribution < 1.29 is 0 Å². The molecule has 0 spiro atoms. The third-order valence-electron chi connectivity index (χ3n) is 3.93. The van der Waals surface area contributed by atoms with Crippen molar-refractivity contribution in [3.05, 3.63) is 52.9 Å². The van der Waals surface area contributed by atoms with E-state index in [1.165, 1.54) is 44.3 Å². The Bertz CT molecular complexity index is 882. The smallest absolute Gasteiger partial charge is 0.0769 e. The Hall–Kier alpha value is -1.58. The monoisotopic (exact) mass is 369 g/mol. The molecular weight excluding hydrogens is 350 g/mol. The van der Waals surface area contributed by atoms with Crippen LogP contribution in [0.5, 0.6) is 0 Å². The van der Waals surface area contributed by atoms with Gasteiger partial charge in [-0.3, -0.25) is 0 Å². The van der Waals surface area contributed by atoms with Crippen LogP contribution >= 0.6 is 34.9 Å². The number of unbranched alkanes of at least 4 members (excludes halogenated alkanes) is 1. The molecule has 0 aliphatic carbocycles. The predicted molar refractivity (Wildman–Crippen MR) is 111 cm³/mol. The maximum atomic E-state index is 4.69. The van der Waals surface area contributed by atoms with Crippen LogP contribution in [0.2, 0.25) is 0 Å². The zero-order valence-corrected chi connectivity index (χ0v) is 16.3. The quantitative estimate of drug-likeness (QED) is 0.323. The van der Waals surface area contributed by atoms with Crippen molar-refractivity contribution in [3.8, 4) is 20.2 Å². The van der Waals surface area contributed by atoms with Gasteiger partial charge in [0.25, 0.3) is 0 Å². The summed E-state index contributed by atoms with van der Waals surface area (Å²) in [6.45, 7) is 4.30. The van der Waals surface area contributed by atoms with Gasteiger partial charge < -0.3 is 0 Å². The van der Waals surface area contributed by atoms with Crippen LogP contribution < -0.4 is 0 Å². The zero-order valence-electron chi connectivity index (χ0n) is 13.8. The van der Waals surface area contributed by atoms with Gasteiger partial charge in [0, 0.05) is 19.5 Å². The summed E-state index contributed by atoms with van der Waals surface area (Å²) in [4.78, 5) is 9.58. The molecule has 0 amide bonds. The molecule has 1 nitrogen and oxygen atoms in total. The number of hydrogen-bond donors (Lipinski definition) is 0. The SMILES string of the molecule is CCCCc1ccc(-c2ccc(-c3ccc(N=C=S)c(C)c3)s2)s1. The third-order valence-corrected chi connectivity index (χ3v) is 6.50. The number of nitrogens with zero attached hydrogens (tertiary/aromatic N) is 1. The van der Waals surface area contributed by atoms with Crippen molar-refractivity contribution in [1.82, 2.24) is 0 Å². The van der Waals surface area contributed by atoms with Gasteiger partial charge in [0.05, 0.1) is 10.8 Å². The van der Waals surface area contributed by atoms with Crippen molar-refractivity contribution in [2.24, 2.45) is 4.99 Å². The summed E-state index contributed by atoms with van der Waals surface area (Å²) in [5, 5.41) is 2.44. The van der Waals surface area contributed by atoms with Crippen LogP contribution in [0.4, 0.5) is 5.69 Å². The van der Waals surface area contributed by atoms with Crippen LogP contribution in [0.3, 0.4) is 0 Å². The normalized spacial score (nSPS) is 10.6. The van der Waals surface area contributed by atoms with E-state index in [4.69, 9.17) is 12.2 Å². The highest BCUT2D eigenvalue weighted by Crippen LogP contribution is 2.38. The lowest BCUT2D eigenvalue weighted by atomic mass is 10.1. The van der Waals surface area contributed by atoms with E-state index in [-0.39, 0.29) is 0 Å². The van der Waals surface area contributed by atoms with E-state index in [0.717, 1.165) is 11.3 Å². The molecule has 2 heterocycles. The number of thiophene rings is 2. The fraction of sp³-hybridized carbons (Fsp3) is 0.250. The highest BCUT2D eigenvalue weighted by Gasteiger charge is 2.09. The van der Waals surface area contributed by atoms with E-state index in [1.807, 2.05) is 28.7 Å². The molecule has 0 saturated heterocycles. The van der Waals surface area contributed by atoms with Crippen molar-refractivity contribution in [2.45, 2.75) is 33.1 Å². The third kappa shape index (κ3) is 3.90. The Balaban J connectivity index is 1.84. The van der Waals surface area contributed by atoms with Crippen LogP contribution in [0.15, 0.2) is 47.5 Å². The highest BCUT2D eigenvalue weighted by molar-refractivity contribution is 7.78. The zero-order chi connectivity index (χ0) is 16.9. The number of thiocarbonyl (C=S) groups is 1. The Morgan fingerprint density at radius 1 is 1.00 bits per heavy atom. The molecule has 4 heteroatoms. The Morgan fingerprint density at radius 3 is 2.50 bits per heavy atom. The first-order chi connectivity index (χ1) is 11.7. The molecule has 0 radical (unpaired) electrons. The minimum atomic E-state index is 0.893. The summed E-state index contributed by atoms with van der Waals surface area (Å²) in [6.07, 6.45) is 3.71. The van der Waals surface area contributed by atoms with Crippen LogP contribution in [-0.4, -0.2) is 5.16 Å². The molecule has 0 aliphatic heterocycles. The standard InChI is InChI=1S/C20H19NS3/c1-3-4-5-16-7-9-19(23-16)20-11-10-18(24-20)15-6-8-17(21-13-22)14(2)12-15/h6-12H,3-5H2,1-2H3. The Morgan fingerprint density at radius 2 is 1.75 bits per heavy atom. The van der Waals surface area contributed by atoms with Crippen molar-refractivity contribution in [1.29, 1.82) is 0 Å². The fourth-order valence-electron chi connectivity index (χ4n) is 2.60. The molecule has 3 rings (SSSR count). The van der Waals surface area contributed by atoms with Gasteiger partial charge in [-0.1, -0.05) is 19.4 Å². The second-order valence-corrected chi connectivity index (χ2v) is 8.17. The summed E-state index contributed by atoms with van der Waals surface area (Å²) >= 11 is 8.46. The molecule has 3 aromatic rings. The minimum Gasteiger partial charge on any atom is -0.194 e. The van der Waals surface area contributed by atoms with Crippen LogP contribution in [0, 0.1) is 6.92 Å². The number of aryl methyl sites for hydroxylation is 2. The summed E-state index contributed by atoms with van der Waals surface area (Å²) < 4.78 is 0. The van der Waals surface area contributed by atoms with Crippen molar-refractivity contribution >= 4 is 45.7 Å². The number of benzene rings is 1. The first-order valence-electron chi connectivity index (χ1n) is 8.09. The van der Waals surface area contributed by atoms with Gasteiger partial charge in [0.15, 0.2) is 0 Å². The lowest BCUT2D eigenvalue weighted by molar-refractivity contribution is 0.804. The van der Waals surface area contributed by atoms with E-state index in [1.54, 1.807) is 0 Å². The molecule has 122 valence electrons. The van der Waals surface area contributed by atoms with Crippen LogP contribution in [-0.2, 0) is 6.42 Å². The lowest BCUT2D eigenvalue weighted by Gasteiger charge is -2.02.